The molecular formula is C13H12FNO3S. The van der Waals surface area contributed by atoms with Crippen molar-refractivity contribution in [3.63, 3.8) is 0 Å². The molecule has 0 spiro atoms. The van der Waals surface area contributed by atoms with Crippen molar-refractivity contribution in [2.45, 2.75) is 6.42 Å². The van der Waals surface area contributed by atoms with Gasteiger partial charge in [-0.05, 0) is 35.5 Å². The predicted molar refractivity (Wildman–Crippen MR) is 71.6 cm³/mol. The summed E-state index contributed by atoms with van der Waals surface area (Å²) >= 11 is 0.878. The van der Waals surface area contributed by atoms with E-state index in [1.165, 1.54) is 0 Å². The van der Waals surface area contributed by atoms with E-state index in [0.717, 1.165) is 17.3 Å². The molecule has 1 fully saturated rings. The molecule has 4 nitrogen and oxygen atoms in total. The van der Waals surface area contributed by atoms with E-state index >= 15 is 0 Å². The molecule has 6 heteroatoms. The third kappa shape index (κ3) is 3.82. The molecule has 0 unspecified atom stereocenters. The van der Waals surface area contributed by atoms with Gasteiger partial charge in [-0.2, -0.15) is 0 Å². The zero-order chi connectivity index (χ0) is 13.7. The third-order valence-corrected chi connectivity index (χ3v) is 3.18. The van der Waals surface area contributed by atoms with Gasteiger partial charge in [-0.25, -0.2) is 0 Å². The van der Waals surface area contributed by atoms with Crippen LogP contribution < -0.4 is 10.1 Å². The summed E-state index contributed by atoms with van der Waals surface area (Å²) in [5.41, 5.74) is 0.796. The molecule has 1 N–H and O–H groups in total. The topological polar surface area (TPSA) is 55.4 Å². The van der Waals surface area contributed by atoms with Crippen LogP contribution in [0.2, 0.25) is 0 Å². The predicted octanol–water partition coefficient (Wildman–Crippen LogP) is 2.75. The van der Waals surface area contributed by atoms with Gasteiger partial charge in [0.1, 0.15) is 5.75 Å². The third-order valence-electron chi connectivity index (χ3n) is 2.37. The maximum Gasteiger partial charge on any atom is 0.290 e. The first kappa shape index (κ1) is 13.6. The summed E-state index contributed by atoms with van der Waals surface area (Å²) in [5.74, 6) is 0.272. The van der Waals surface area contributed by atoms with Crippen LogP contribution in [0.4, 0.5) is 9.18 Å². The van der Waals surface area contributed by atoms with E-state index < -0.39 is 6.67 Å². The number of hydrogen-bond donors (Lipinski definition) is 1. The lowest BCUT2D eigenvalue weighted by Gasteiger charge is -2.04. The van der Waals surface area contributed by atoms with E-state index in [1.807, 2.05) is 0 Å². The Kier molecular flexibility index (Phi) is 4.57. The number of carbonyl (C=O) groups excluding carboxylic acids is 2. The average Bonchev–Trinajstić information content (AvgIpc) is 2.70. The number of hydrogen-bond acceptors (Lipinski definition) is 4. The van der Waals surface area contributed by atoms with Crippen molar-refractivity contribution in [1.82, 2.24) is 5.32 Å². The fourth-order valence-electron chi connectivity index (χ4n) is 1.48. The molecule has 1 aliphatic rings. The van der Waals surface area contributed by atoms with Gasteiger partial charge in [0, 0.05) is 6.42 Å². The first-order chi connectivity index (χ1) is 9.19. The van der Waals surface area contributed by atoms with Crippen molar-refractivity contribution in [3.8, 4) is 5.75 Å². The first-order valence-corrected chi connectivity index (χ1v) is 6.54. The van der Waals surface area contributed by atoms with E-state index in [2.05, 4.69) is 5.32 Å². The van der Waals surface area contributed by atoms with Crippen molar-refractivity contribution in [1.29, 1.82) is 0 Å². The zero-order valence-electron chi connectivity index (χ0n) is 10.0. The van der Waals surface area contributed by atoms with Gasteiger partial charge >= 0.3 is 0 Å². The second-order valence-corrected chi connectivity index (χ2v) is 4.83. The summed E-state index contributed by atoms with van der Waals surface area (Å²) in [5, 5.41) is 1.83. The molecule has 0 bridgehead atoms. The molecule has 1 aliphatic heterocycles. The number of thioether (sulfide) groups is 1. The van der Waals surface area contributed by atoms with Crippen LogP contribution in [0.3, 0.4) is 0 Å². The van der Waals surface area contributed by atoms with Crippen molar-refractivity contribution in [3.05, 3.63) is 34.7 Å². The average molecular weight is 281 g/mol. The summed E-state index contributed by atoms with van der Waals surface area (Å²) < 4.78 is 17.2. The minimum atomic E-state index is -0.398. The Hall–Kier alpha value is -1.82. The van der Waals surface area contributed by atoms with Crippen LogP contribution in [0.5, 0.6) is 5.75 Å². The molecule has 1 heterocycles. The monoisotopic (exact) mass is 281 g/mol. The van der Waals surface area contributed by atoms with Crippen LogP contribution in [-0.2, 0) is 4.79 Å². The Labute approximate surface area is 114 Å². The Morgan fingerprint density at radius 1 is 1.26 bits per heavy atom. The number of halogens is 1. The van der Waals surface area contributed by atoms with Crippen molar-refractivity contribution < 1.29 is 18.7 Å². The number of nitrogens with one attached hydrogen (secondary N) is 1. The lowest BCUT2D eigenvalue weighted by molar-refractivity contribution is -0.115. The normalized spacial score (nSPS) is 16.8. The molecule has 0 radical (unpaired) electrons. The molecule has 0 saturated carbocycles. The number of alkyl halides is 1. The van der Waals surface area contributed by atoms with Crippen LogP contribution in [0, 0.1) is 0 Å². The van der Waals surface area contributed by atoms with Gasteiger partial charge in [0.15, 0.2) is 0 Å². The van der Waals surface area contributed by atoms with Gasteiger partial charge in [0.25, 0.3) is 11.1 Å². The first-order valence-electron chi connectivity index (χ1n) is 5.73. The minimum Gasteiger partial charge on any atom is -0.493 e. The second kappa shape index (κ2) is 6.38. The number of rotatable bonds is 5. The quantitative estimate of drug-likeness (QED) is 0.666. The molecule has 1 aromatic carbocycles. The van der Waals surface area contributed by atoms with Crippen LogP contribution in [0.1, 0.15) is 12.0 Å². The Morgan fingerprint density at radius 3 is 2.58 bits per heavy atom. The fraction of sp³-hybridized carbons (Fsp3) is 0.231. The molecule has 1 saturated heterocycles. The molecule has 1 aromatic rings. The van der Waals surface area contributed by atoms with Crippen LogP contribution in [0.25, 0.3) is 6.08 Å². The largest absolute Gasteiger partial charge is 0.493 e. The van der Waals surface area contributed by atoms with Gasteiger partial charge in [0.05, 0.1) is 18.2 Å². The summed E-state index contributed by atoms with van der Waals surface area (Å²) in [4.78, 5) is 22.7. The molecule has 100 valence electrons. The number of benzene rings is 1. The van der Waals surface area contributed by atoms with Crippen LogP contribution in [0.15, 0.2) is 29.2 Å². The lowest BCUT2D eigenvalue weighted by atomic mass is 10.2. The number of imide groups is 1. The molecule has 0 atom stereocenters. The van der Waals surface area contributed by atoms with Crippen molar-refractivity contribution in [2.24, 2.45) is 0 Å². The number of ether oxygens (including phenoxy) is 1. The van der Waals surface area contributed by atoms with E-state index in [9.17, 15) is 14.0 Å². The Morgan fingerprint density at radius 2 is 2.00 bits per heavy atom. The zero-order valence-corrected chi connectivity index (χ0v) is 10.8. The summed E-state index contributed by atoms with van der Waals surface area (Å²) in [7, 11) is 0. The molecule has 2 rings (SSSR count). The second-order valence-electron chi connectivity index (χ2n) is 3.81. The minimum absolute atomic E-state index is 0.337. The Balaban J connectivity index is 2.00. The molecular weight excluding hydrogens is 269 g/mol. The number of carbonyl (C=O) groups is 2. The SMILES string of the molecule is O=C1NC(=O)/C(=C\c2ccc(OCCCF)cc2)S1. The highest BCUT2D eigenvalue weighted by Gasteiger charge is 2.24. The molecule has 2 amide bonds. The summed E-state index contributed by atoms with van der Waals surface area (Å²) in [6.07, 6.45) is 2.00. The molecule has 0 aromatic heterocycles. The highest BCUT2D eigenvalue weighted by Crippen LogP contribution is 2.26. The maximum atomic E-state index is 11.9. The van der Waals surface area contributed by atoms with Gasteiger partial charge in [0.2, 0.25) is 0 Å². The maximum absolute atomic E-state index is 11.9. The van der Waals surface area contributed by atoms with E-state index in [0.29, 0.717) is 23.7 Å². The summed E-state index contributed by atoms with van der Waals surface area (Å²) in [6, 6.07) is 7.02. The van der Waals surface area contributed by atoms with Crippen LogP contribution >= 0.6 is 11.8 Å². The van der Waals surface area contributed by atoms with Crippen molar-refractivity contribution >= 4 is 29.0 Å². The van der Waals surface area contributed by atoms with E-state index in [4.69, 9.17) is 4.74 Å². The fourth-order valence-corrected chi connectivity index (χ4v) is 2.16. The molecule has 19 heavy (non-hydrogen) atoms. The number of amides is 2. The summed E-state index contributed by atoms with van der Waals surface area (Å²) in [6.45, 7) is -0.0613. The standard InChI is InChI=1S/C13H12FNO3S/c14-6-1-7-18-10-4-2-9(3-5-10)8-11-12(16)15-13(17)19-11/h2-5,8H,1,6-7H2,(H,15,16,17)/b11-8+. The smallest absolute Gasteiger partial charge is 0.290 e. The molecule has 0 aliphatic carbocycles. The van der Waals surface area contributed by atoms with Gasteiger partial charge in [-0.15, -0.1) is 0 Å². The van der Waals surface area contributed by atoms with E-state index in [-0.39, 0.29) is 11.1 Å². The van der Waals surface area contributed by atoms with Gasteiger partial charge in [-0.1, -0.05) is 12.1 Å². The van der Waals surface area contributed by atoms with Gasteiger partial charge < -0.3 is 4.74 Å². The van der Waals surface area contributed by atoms with Gasteiger partial charge in [-0.3, -0.25) is 19.3 Å². The highest BCUT2D eigenvalue weighted by molar-refractivity contribution is 8.18. The van der Waals surface area contributed by atoms with Crippen LogP contribution in [-0.4, -0.2) is 24.4 Å². The lowest BCUT2D eigenvalue weighted by Crippen LogP contribution is -2.17. The Bertz CT molecular complexity index is 513. The van der Waals surface area contributed by atoms with E-state index in [1.54, 1.807) is 30.3 Å². The highest BCUT2D eigenvalue weighted by atomic mass is 32.2. The van der Waals surface area contributed by atoms with Crippen molar-refractivity contribution in [2.75, 3.05) is 13.3 Å².